The minimum atomic E-state index is -0.196. The number of nitrogens with one attached hydrogen (secondary N) is 1. The minimum Gasteiger partial charge on any atom is -0.497 e. The summed E-state index contributed by atoms with van der Waals surface area (Å²) < 4.78 is 11.0. The lowest BCUT2D eigenvalue weighted by Crippen LogP contribution is -2.46. The van der Waals surface area contributed by atoms with Crippen molar-refractivity contribution < 1.29 is 13.9 Å². The molecule has 1 aliphatic rings. The van der Waals surface area contributed by atoms with Crippen molar-refractivity contribution in [1.82, 2.24) is 20.2 Å². The van der Waals surface area contributed by atoms with E-state index >= 15 is 0 Å². The van der Waals surface area contributed by atoms with Crippen LogP contribution in [-0.2, 0) is 12.2 Å². The third-order valence-corrected chi connectivity index (χ3v) is 7.09. The van der Waals surface area contributed by atoms with Gasteiger partial charge in [0.2, 0.25) is 0 Å². The number of nitrogens with zero attached hydrogens (tertiary/aromatic N) is 5. The SMILES string of the molecule is CCc1cc(N2CCN(c3ccc(OC)cc3)CC2)nc(SCc2ccc(C(=O)NCCN(C)C)o2)n1. The Balaban J connectivity index is 1.34. The quantitative estimate of drug-likeness (QED) is 0.299. The van der Waals surface area contributed by atoms with Crippen LogP contribution in [0.2, 0.25) is 0 Å². The lowest BCUT2D eigenvalue weighted by atomic mass is 10.2. The van der Waals surface area contributed by atoms with Crippen molar-refractivity contribution in [3.63, 3.8) is 0 Å². The normalized spacial score (nSPS) is 13.8. The van der Waals surface area contributed by atoms with Gasteiger partial charge in [-0.15, -0.1) is 0 Å². The fourth-order valence-electron chi connectivity index (χ4n) is 4.05. The molecule has 1 amide bonds. The Kier molecular flexibility index (Phi) is 9.29. The number of carbonyl (C=O) groups excluding carboxylic acids is 1. The summed E-state index contributed by atoms with van der Waals surface area (Å²) in [6.07, 6.45) is 0.840. The highest BCUT2D eigenvalue weighted by atomic mass is 32.2. The van der Waals surface area contributed by atoms with Crippen LogP contribution in [0.3, 0.4) is 0 Å². The average Bonchev–Trinajstić information content (AvgIpc) is 3.41. The third-order valence-electron chi connectivity index (χ3n) is 6.22. The molecule has 1 aromatic carbocycles. The van der Waals surface area contributed by atoms with Gasteiger partial charge in [-0.2, -0.15) is 0 Å². The van der Waals surface area contributed by atoms with Gasteiger partial charge in [0.1, 0.15) is 17.3 Å². The largest absolute Gasteiger partial charge is 0.497 e. The van der Waals surface area contributed by atoms with Crippen molar-refractivity contribution in [2.45, 2.75) is 24.3 Å². The van der Waals surface area contributed by atoms with Crippen LogP contribution in [0.25, 0.3) is 0 Å². The van der Waals surface area contributed by atoms with Gasteiger partial charge in [-0.05, 0) is 56.9 Å². The van der Waals surface area contributed by atoms with E-state index in [1.54, 1.807) is 13.2 Å². The van der Waals surface area contributed by atoms with Crippen molar-refractivity contribution >= 4 is 29.2 Å². The maximum atomic E-state index is 12.3. The first-order valence-corrected chi connectivity index (χ1v) is 13.6. The Labute approximate surface area is 223 Å². The first-order valence-electron chi connectivity index (χ1n) is 12.6. The first-order chi connectivity index (χ1) is 17.9. The van der Waals surface area contributed by atoms with Crippen LogP contribution in [0.1, 0.15) is 28.9 Å². The van der Waals surface area contributed by atoms with E-state index in [1.807, 2.05) is 37.2 Å². The van der Waals surface area contributed by atoms with Crippen molar-refractivity contribution in [2.75, 3.05) is 70.3 Å². The summed E-state index contributed by atoms with van der Waals surface area (Å²) in [6, 6.07) is 13.9. The third kappa shape index (κ3) is 7.39. The van der Waals surface area contributed by atoms with Crippen LogP contribution < -0.4 is 19.9 Å². The molecular weight excluding hydrogens is 488 g/mol. The van der Waals surface area contributed by atoms with Gasteiger partial charge in [-0.25, -0.2) is 9.97 Å². The van der Waals surface area contributed by atoms with Gasteiger partial charge < -0.3 is 29.2 Å². The molecule has 0 spiro atoms. The molecule has 4 rings (SSSR count). The second kappa shape index (κ2) is 12.8. The Bertz CT molecular complexity index is 1160. The van der Waals surface area contributed by atoms with Gasteiger partial charge in [0.15, 0.2) is 10.9 Å². The predicted molar refractivity (Wildman–Crippen MR) is 148 cm³/mol. The number of hydrogen-bond acceptors (Lipinski definition) is 9. The van der Waals surface area contributed by atoms with E-state index in [-0.39, 0.29) is 5.91 Å². The summed E-state index contributed by atoms with van der Waals surface area (Å²) in [4.78, 5) is 28.6. The molecule has 0 unspecified atom stereocenters. The smallest absolute Gasteiger partial charge is 0.287 e. The number of rotatable bonds is 11. The van der Waals surface area contributed by atoms with E-state index < -0.39 is 0 Å². The number of carbonyl (C=O) groups is 1. The maximum Gasteiger partial charge on any atom is 0.287 e. The fourth-order valence-corrected chi connectivity index (χ4v) is 4.81. The summed E-state index contributed by atoms with van der Waals surface area (Å²) >= 11 is 1.53. The standard InChI is InChI=1S/C27H36N6O3S/c1-5-20-18-25(33-16-14-32(15-17-33)21-6-8-22(35-4)9-7-21)30-27(29-20)37-19-23-10-11-24(36-23)26(34)28-12-13-31(2)3/h6-11,18H,5,12-17,19H2,1-4H3,(H,28,34). The molecule has 2 aromatic heterocycles. The lowest BCUT2D eigenvalue weighted by Gasteiger charge is -2.37. The van der Waals surface area contributed by atoms with Gasteiger partial charge in [-0.3, -0.25) is 4.79 Å². The summed E-state index contributed by atoms with van der Waals surface area (Å²) in [5, 5.41) is 3.60. The maximum absolute atomic E-state index is 12.3. The van der Waals surface area contributed by atoms with E-state index in [1.165, 1.54) is 17.4 Å². The Morgan fingerprint density at radius 3 is 2.49 bits per heavy atom. The second-order valence-corrected chi connectivity index (χ2v) is 10.1. The number of amides is 1. The number of ether oxygens (including phenoxy) is 1. The zero-order chi connectivity index (χ0) is 26.2. The molecule has 1 saturated heterocycles. The summed E-state index contributed by atoms with van der Waals surface area (Å²) in [6.45, 7) is 7.08. The fraction of sp³-hybridized carbons (Fsp3) is 0.444. The number of benzene rings is 1. The van der Waals surface area contributed by atoms with E-state index in [0.717, 1.165) is 67.3 Å². The monoisotopic (exact) mass is 524 g/mol. The van der Waals surface area contributed by atoms with Crippen molar-refractivity contribution in [3.05, 3.63) is 59.7 Å². The van der Waals surface area contributed by atoms with Crippen LogP contribution in [0.5, 0.6) is 5.75 Å². The lowest BCUT2D eigenvalue weighted by molar-refractivity contribution is 0.0922. The van der Waals surface area contributed by atoms with E-state index in [4.69, 9.17) is 19.1 Å². The molecule has 1 fully saturated rings. The first kappa shape index (κ1) is 26.8. The van der Waals surface area contributed by atoms with E-state index in [0.29, 0.717) is 18.1 Å². The number of hydrogen-bond donors (Lipinski definition) is 1. The van der Waals surface area contributed by atoms with Crippen LogP contribution in [-0.4, -0.2) is 81.2 Å². The highest BCUT2D eigenvalue weighted by Crippen LogP contribution is 2.26. The number of furan rings is 1. The molecule has 37 heavy (non-hydrogen) atoms. The second-order valence-electron chi connectivity index (χ2n) is 9.14. The summed E-state index contributed by atoms with van der Waals surface area (Å²) in [5.74, 6) is 3.25. The van der Waals surface area contributed by atoms with Crippen LogP contribution >= 0.6 is 11.8 Å². The highest BCUT2D eigenvalue weighted by Gasteiger charge is 2.20. The molecule has 1 N–H and O–H groups in total. The minimum absolute atomic E-state index is 0.196. The Morgan fingerprint density at radius 2 is 1.81 bits per heavy atom. The number of anilines is 2. The van der Waals surface area contributed by atoms with Gasteiger partial charge >= 0.3 is 0 Å². The van der Waals surface area contributed by atoms with Gasteiger partial charge in [0.25, 0.3) is 5.91 Å². The molecule has 10 heteroatoms. The zero-order valence-corrected chi connectivity index (χ0v) is 22.9. The molecule has 198 valence electrons. The molecule has 3 heterocycles. The summed E-state index contributed by atoms with van der Waals surface area (Å²) in [5.41, 5.74) is 2.23. The number of aromatic nitrogens is 2. The van der Waals surface area contributed by atoms with Crippen LogP contribution in [0.4, 0.5) is 11.5 Å². The molecule has 0 saturated carbocycles. The molecule has 3 aromatic rings. The van der Waals surface area contributed by atoms with E-state index in [2.05, 4.69) is 40.2 Å². The molecule has 9 nitrogen and oxygen atoms in total. The number of aryl methyl sites for hydroxylation is 1. The van der Waals surface area contributed by atoms with Crippen molar-refractivity contribution in [3.8, 4) is 5.75 Å². The van der Waals surface area contributed by atoms with Gasteiger partial charge in [-0.1, -0.05) is 18.7 Å². The molecule has 0 atom stereocenters. The molecule has 1 aliphatic heterocycles. The number of piperazine rings is 1. The number of likely N-dealkylation sites (N-methyl/N-ethyl adjacent to an activating group) is 1. The zero-order valence-electron chi connectivity index (χ0n) is 22.1. The predicted octanol–water partition coefficient (Wildman–Crippen LogP) is 3.55. The summed E-state index contributed by atoms with van der Waals surface area (Å²) in [7, 11) is 5.63. The average molecular weight is 525 g/mol. The van der Waals surface area contributed by atoms with E-state index in [9.17, 15) is 4.79 Å². The highest BCUT2D eigenvalue weighted by molar-refractivity contribution is 7.98. The topological polar surface area (TPSA) is 87.0 Å². The van der Waals surface area contributed by atoms with Gasteiger partial charge in [0, 0.05) is 56.7 Å². The van der Waals surface area contributed by atoms with Crippen molar-refractivity contribution in [1.29, 1.82) is 0 Å². The Hall–Kier alpha value is -3.24. The molecule has 0 aliphatic carbocycles. The van der Waals surface area contributed by atoms with Crippen LogP contribution in [0.15, 0.2) is 52.0 Å². The van der Waals surface area contributed by atoms with Gasteiger partial charge in [0.05, 0.1) is 12.9 Å². The molecular formula is C27H36N6O3S. The van der Waals surface area contributed by atoms with Crippen LogP contribution in [0, 0.1) is 0 Å². The number of methoxy groups -OCH3 is 1. The Morgan fingerprint density at radius 1 is 1.08 bits per heavy atom. The van der Waals surface area contributed by atoms with Crippen molar-refractivity contribution in [2.24, 2.45) is 0 Å². The molecule has 0 bridgehead atoms. The molecule has 0 radical (unpaired) electrons. The number of thioether (sulfide) groups is 1.